The molecule has 8 nitrogen and oxygen atoms in total. The number of benzene rings is 3. The molecule has 0 radical (unpaired) electrons. The lowest BCUT2D eigenvalue weighted by Gasteiger charge is -2.20. The number of amides is 1. The Balaban J connectivity index is 1.46. The molecule has 3 aromatic carbocycles. The van der Waals surface area contributed by atoms with Crippen molar-refractivity contribution in [3.8, 4) is 11.5 Å². The topological polar surface area (TPSA) is 108 Å². The molecule has 1 N–H and O–H groups in total. The Morgan fingerprint density at radius 2 is 1.63 bits per heavy atom. The first-order valence-corrected chi connectivity index (χ1v) is 10.6. The van der Waals surface area contributed by atoms with Gasteiger partial charge < -0.3 is 19.5 Å². The zero-order valence-electron chi connectivity index (χ0n) is 18.8. The Morgan fingerprint density at radius 1 is 0.914 bits per heavy atom. The van der Waals surface area contributed by atoms with Gasteiger partial charge >= 0.3 is 5.97 Å². The SMILES string of the molecule is C=CCOc1ccc(C(=O)OCC(=O)Nc2cccc3c2C(=O)c2ccccc2C3=O)cc1OC. The largest absolute Gasteiger partial charge is 0.493 e. The molecule has 8 heteroatoms. The molecule has 1 amide bonds. The molecule has 0 bridgehead atoms. The predicted octanol–water partition coefficient (Wildman–Crippen LogP) is 3.83. The quantitative estimate of drug-likeness (QED) is 0.307. The molecule has 0 saturated heterocycles. The van der Waals surface area contributed by atoms with Crippen LogP contribution in [0.5, 0.6) is 11.5 Å². The molecule has 1 aliphatic carbocycles. The maximum absolute atomic E-state index is 13.0. The van der Waals surface area contributed by atoms with Gasteiger partial charge in [-0.3, -0.25) is 14.4 Å². The van der Waals surface area contributed by atoms with E-state index in [1.807, 2.05) is 0 Å². The fourth-order valence-corrected chi connectivity index (χ4v) is 3.71. The molecule has 0 unspecified atom stereocenters. The first-order valence-electron chi connectivity index (χ1n) is 10.6. The minimum absolute atomic E-state index is 0.107. The highest BCUT2D eigenvalue weighted by Gasteiger charge is 2.31. The lowest BCUT2D eigenvalue weighted by Crippen LogP contribution is -2.26. The number of hydrogen-bond acceptors (Lipinski definition) is 7. The first-order chi connectivity index (χ1) is 16.9. The van der Waals surface area contributed by atoms with Gasteiger partial charge in [0.2, 0.25) is 0 Å². The number of carbonyl (C=O) groups excluding carboxylic acids is 4. The van der Waals surface area contributed by atoms with Gasteiger partial charge in [0.25, 0.3) is 5.91 Å². The van der Waals surface area contributed by atoms with Crippen LogP contribution in [0.2, 0.25) is 0 Å². The second-order valence-corrected chi connectivity index (χ2v) is 7.52. The molecule has 3 aromatic rings. The lowest BCUT2D eigenvalue weighted by atomic mass is 9.83. The zero-order valence-corrected chi connectivity index (χ0v) is 18.8. The molecule has 1 aliphatic rings. The summed E-state index contributed by atoms with van der Waals surface area (Å²) < 4.78 is 15.8. The Hall–Kier alpha value is -4.72. The number of ketones is 2. The highest BCUT2D eigenvalue weighted by Crippen LogP contribution is 2.32. The third kappa shape index (κ3) is 4.67. The van der Waals surface area contributed by atoms with Crippen molar-refractivity contribution in [3.05, 3.63) is 101 Å². The van der Waals surface area contributed by atoms with E-state index in [1.54, 1.807) is 42.5 Å². The van der Waals surface area contributed by atoms with Gasteiger partial charge in [-0.15, -0.1) is 0 Å². The van der Waals surface area contributed by atoms with Crippen molar-refractivity contribution in [2.45, 2.75) is 0 Å². The van der Waals surface area contributed by atoms with Crippen LogP contribution in [0.25, 0.3) is 0 Å². The lowest BCUT2D eigenvalue weighted by molar-refractivity contribution is -0.119. The van der Waals surface area contributed by atoms with Gasteiger partial charge in [-0.05, 0) is 24.3 Å². The second kappa shape index (κ2) is 10.0. The number of rotatable bonds is 8. The van der Waals surface area contributed by atoms with Crippen LogP contribution in [0.4, 0.5) is 5.69 Å². The highest BCUT2D eigenvalue weighted by molar-refractivity contribution is 6.30. The van der Waals surface area contributed by atoms with E-state index in [2.05, 4.69) is 11.9 Å². The summed E-state index contributed by atoms with van der Waals surface area (Å²) >= 11 is 0. The molecule has 35 heavy (non-hydrogen) atoms. The number of anilines is 1. The molecule has 0 fully saturated rings. The summed E-state index contributed by atoms with van der Waals surface area (Å²) in [6.07, 6.45) is 1.58. The summed E-state index contributed by atoms with van der Waals surface area (Å²) in [5.74, 6) is -1.32. The molecule has 0 aromatic heterocycles. The van der Waals surface area contributed by atoms with E-state index >= 15 is 0 Å². The van der Waals surface area contributed by atoms with E-state index in [9.17, 15) is 19.2 Å². The maximum Gasteiger partial charge on any atom is 0.338 e. The standard InChI is InChI=1S/C27H21NO7/c1-3-13-34-21-12-11-16(14-22(21)33-2)27(32)35-15-23(29)28-20-10-6-9-19-24(20)26(31)18-8-5-4-7-17(18)25(19)30/h3-12,14H,1,13,15H2,2H3,(H,28,29). The number of esters is 1. The number of fused-ring (bicyclic) bond motifs is 2. The van der Waals surface area contributed by atoms with Gasteiger partial charge in [-0.1, -0.05) is 49.1 Å². The minimum Gasteiger partial charge on any atom is -0.493 e. The fourth-order valence-electron chi connectivity index (χ4n) is 3.71. The summed E-state index contributed by atoms with van der Waals surface area (Å²) in [5, 5.41) is 2.57. The van der Waals surface area contributed by atoms with Crippen molar-refractivity contribution in [1.29, 1.82) is 0 Å². The van der Waals surface area contributed by atoms with Crippen molar-refractivity contribution in [2.24, 2.45) is 0 Å². The number of carbonyl (C=O) groups is 4. The monoisotopic (exact) mass is 471 g/mol. The Kier molecular flexibility index (Phi) is 6.73. The van der Waals surface area contributed by atoms with E-state index in [0.29, 0.717) is 17.1 Å². The maximum atomic E-state index is 13.0. The molecular weight excluding hydrogens is 450 g/mol. The Morgan fingerprint density at radius 3 is 2.34 bits per heavy atom. The van der Waals surface area contributed by atoms with Gasteiger partial charge in [-0.2, -0.15) is 0 Å². The molecule has 0 atom stereocenters. The van der Waals surface area contributed by atoms with Crippen LogP contribution in [0, 0.1) is 0 Å². The van der Waals surface area contributed by atoms with E-state index in [-0.39, 0.29) is 46.1 Å². The summed E-state index contributed by atoms with van der Waals surface area (Å²) in [4.78, 5) is 50.9. The van der Waals surface area contributed by atoms with E-state index in [0.717, 1.165) is 0 Å². The van der Waals surface area contributed by atoms with E-state index < -0.39 is 18.5 Å². The predicted molar refractivity (Wildman–Crippen MR) is 127 cm³/mol. The average Bonchev–Trinajstić information content (AvgIpc) is 2.89. The van der Waals surface area contributed by atoms with Crippen molar-refractivity contribution in [3.63, 3.8) is 0 Å². The van der Waals surface area contributed by atoms with E-state index in [1.165, 1.54) is 31.4 Å². The molecule has 0 spiro atoms. The summed E-state index contributed by atoms with van der Waals surface area (Å²) in [6.45, 7) is 3.24. The highest BCUT2D eigenvalue weighted by atomic mass is 16.5. The van der Waals surface area contributed by atoms with Crippen LogP contribution in [0.15, 0.2) is 73.3 Å². The van der Waals surface area contributed by atoms with Crippen molar-refractivity contribution in [1.82, 2.24) is 0 Å². The van der Waals surface area contributed by atoms with Crippen LogP contribution >= 0.6 is 0 Å². The molecule has 0 aliphatic heterocycles. The first kappa shape index (κ1) is 23.4. The van der Waals surface area contributed by atoms with Crippen molar-refractivity contribution < 1.29 is 33.4 Å². The number of hydrogen-bond donors (Lipinski definition) is 1. The second-order valence-electron chi connectivity index (χ2n) is 7.52. The molecule has 0 saturated carbocycles. The molecular formula is C27H21NO7. The molecule has 176 valence electrons. The Labute approximate surface area is 201 Å². The van der Waals surface area contributed by atoms with Gasteiger partial charge in [0.05, 0.1) is 23.9 Å². The van der Waals surface area contributed by atoms with Gasteiger partial charge in [0.15, 0.2) is 29.7 Å². The van der Waals surface area contributed by atoms with Gasteiger partial charge in [0.1, 0.15) is 6.61 Å². The van der Waals surface area contributed by atoms with Crippen LogP contribution < -0.4 is 14.8 Å². The van der Waals surface area contributed by atoms with Crippen LogP contribution in [-0.4, -0.2) is 43.8 Å². The number of methoxy groups -OCH3 is 1. The smallest absolute Gasteiger partial charge is 0.338 e. The van der Waals surface area contributed by atoms with Crippen LogP contribution in [0.3, 0.4) is 0 Å². The summed E-state index contributed by atoms with van der Waals surface area (Å²) in [6, 6.07) is 15.6. The third-order valence-electron chi connectivity index (χ3n) is 5.32. The Bertz CT molecular complexity index is 1360. The number of ether oxygens (including phenoxy) is 3. The number of nitrogens with one attached hydrogen (secondary N) is 1. The van der Waals surface area contributed by atoms with Crippen molar-refractivity contribution >= 4 is 29.1 Å². The zero-order chi connectivity index (χ0) is 24.9. The van der Waals surface area contributed by atoms with Gasteiger partial charge in [0, 0.05) is 16.7 Å². The fraction of sp³-hybridized carbons (Fsp3) is 0.111. The third-order valence-corrected chi connectivity index (χ3v) is 5.32. The average molecular weight is 471 g/mol. The molecule has 0 heterocycles. The normalized spacial score (nSPS) is 11.7. The summed E-state index contributed by atoms with van der Waals surface area (Å²) in [7, 11) is 1.43. The minimum atomic E-state index is -0.746. The molecule has 4 rings (SSSR count). The van der Waals surface area contributed by atoms with Crippen molar-refractivity contribution in [2.75, 3.05) is 25.6 Å². The van der Waals surface area contributed by atoms with Crippen LogP contribution in [0.1, 0.15) is 42.2 Å². The van der Waals surface area contributed by atoms with Gasteiger partial charge in [-0.25, -0.2) is 4.79 Å². The van der Waals surface area contributed by atoms with Crippen LogP contribution in [-0.2, 0) is 9.53 Å². The summed E-state index contributed by atoms with van der Waals surface area (Å²) in [5.41, 5.74) is 1.23. The van der Waals surface area contributed by atoms with E-state index in [4.69, 9.17) is 14.2 Å².